The molecule has 1 atom stereocenters. The van der Waals surface area contributed by atoms with Crippen LogP contribution in [0.1, 0.15) is 26.8 Å². The van der Waals surface area contributed by atoms with Crippen LogP contribution in [-0.2, 0) is 4.79 Å². The highest BCUT2D eigenvalue weighted by molar-refractivity contribution is 7.10. The van der Waals surface area contributed by atoms with Gasteiger partial charge in [0, 0.05) is 4.88 Å². The molecular weight excluding hydrogens is 382 g/mol. The molecular formula is C24H19NO3S. The van der Waals surface area contributed by atoms with Gasteiger partial charge in [-0.15, -0.1) is 11.3 Å². The number of nitrogens with one attached hydrogen (secondary N) is 1. The molecule has 0 unspecified atom stereocenters. The van der Waals surface area contributed by atoms with Gasteiger partial charge in [0.05, 0.1) is 11.6 Å². The largest absolute Gasteiger partial charge is 0.483 e. The lowest BCUT2D eigenvalue weighted by Gasteiger charge is -2.18. The predicted octanol–water partition coefficient (Wildman–Crippen LogP) is 5.00. The number of carbonyl (C=O) groups is 2. The molecule has 4 aromatic rings. The number of ether oxygens (including phenoxy) is 1. The maximum absolute atomic E-state index is 12.6. The highest BCUT2D eigenvalue weighted by atomic mass is 32.1. The van der Waals surface area contributed by atoms with Crippen LogP contribution in [-0.4, -0.2) is 18.8 Å². The van der Waals surface area contributed by atoms with E-state index >= 15 is 0 Å². The van der Waals surface area contributed by atoms with Gasteiger partial charge < -0.3 is 10.1 Å². The maximum atomic E-state index is 12.6. The second-order valence-electron chi connectivity index (χ2n) is 6.53. The fourth-order valence-electron chi connectivity index (χ4n) is 3.29. The molecule has 0 saturated carbocycles. The molecule has 29 heavy (non-hydrogen) atoms. The first-order valence-electron chi connectivity index (χ1n) is 9.23. The third-order valence-electron chi connectivity index (χ3n) is 4.67. The number of thiophene rings is 1. The molecule has 4 rings (SSSR count). The summed E-state index contributed by atoms with van der Waals surface area (Å²) >= 11 is 1.59. The van der Waals surface area contributed by atoms with Crippen molar-refractivity contribution in [2.75, 3.05) is 6.61 Å². The molecule has 0 spiro atoms. The smallest absolute Gasteiger partial charge is 0.258 e. The van der Waals surface area contributed by atoms with Crippen LogP contribution in [0.4, 0.5) is 0 Å². The van der Waals surface area contributed by atoms with Gasteiger partial charge in [-0.3, -0.25) is 9.59 Å². The Morgan fingerprint density at radius 3 is 2.52 bits per heavy atom. The maximum Gasteiger partial charge on any atom is 0.258 e. The minimum atomic E-state index is -0.253. The Kier molecular flexibility index (Phi) is 5.68. The fourth-order valence-corrected chi connectivity index (χ4v) is 4.09. The van der Waals surface area contributed by atoms with Crippen molar-refractivity contribution >= 4 is 34.3 Å². The summed E-state index contributed by atoms with van der Waals surface area (Å²) in [6.07, 6.45) is 0.772. The summed E-state index contributed by atoms with van der Waals surface area (Å²) in [5, 5.41) is 6.78. The lowest BCUT2D eigenvalue weighted by Crippen LogP contribution is -2.33. The topological polar surface area (TPSA) is 55.4 Å². The quantitative estimate of drug-likeness (QED) is 0.444. The van der Waals surface area contributed by atoms with E-state index in [2.05, 4.69) is 5.32 Å². The minimum absolute atomic E-state index is 0.173. The molecule has 0 bridgehead atoms. The van der Waals surface area contributed by atoms with Gasteiger partial charge in [0.2, 0.25) is 0 Å². The molecule has 1 amide bonds. The Balaban J connectivity index is 1.51. The van der Waals surface area contributed by atoms with Crippen molar-refractivity contribution in [1.82, 2.24) is 5.32 Å². The third kappa shape index (κ3) is 4.20. The van der Waals surface area contributed by atoms with Crippen molar-refractivity contribution in [2.45, 2.75) is 6.04 Å². The van der Waals surface area contributed by atoms with Crippen LogP contribution in [0.2, 0.25) is 0 Å². The number of aldehydes is 1. The van der Waals surface area contributed by atoms with Crippen LogP contribution in [0.25, 0.3) is 10.8 Å². The van der Waals surface area contributed by atoms with Crippen LogP contribution < -0.4 is 10.1 Å². The van der Waals surface area contributed by atoms with E-state index < -0.39 is 0 Å². The van der Waals surface area contributed by atoms with Gasteiger partial charge in [-0.2, -0.15) is 0 Å². The molecule has 0 aliphatic heterocycles. The molecule has 0 aliphatic carbocycles. The van der Waals surface area contributed by atoms with Gasteiger partial charge in [0.15, 0.2) is 12.9 Å². The lowest BCUT2D eigenvalue weighted by molar-refractivity contribution is -0.123. The average molecular weight is 401 g/mol. The Bertz CT molecular complexity index is 1120. The monoisotopic (exact) mass is 401 g/mol. The van der Waals surface area contributed by atoms with Crippen molar-refractivity contribution in [3.63, 3.8) is 0 Å². The highest BCUT2D eigenvalue weighted by Crippen LogP contribution is 2.28. The summed E-state index contributed by atoms with van der Waals surface area (Å²) in [7, 11) is 0. The van der Waals surface area contributed by atoms with Crippen molar-refractivity contribution in [3.8, 4) is 5.75 Å². The first-order valence-corrected chi connectivity index (χ1v) is 10.1. The molecule has 0 radical (unpaired) electrons. The summed E-state index contributed by atoms with van der Waals surface area (Å²) in [5.74, 6) is 0.151. The molecule has 0 fully saturated rings. The van der Waals surface area contributed by atoms with Crippen LogP contribution >= 0.6 is 11.3 Å². The summed E-state index contributed by atoms with van der Waals surface area (Å²) in [6, 6.07) is 24.7. The zero-order valence-corrected chi connectivity index (χ0v) is 16.4. The minimum Gasteiger partial charge on any atom is -0.483 e. The van der Waals surface area contributed by atoms with Crippen molar-refractivity contribution in [1.29, 1.82) is 0 Å². The van der Waals surface area contributed by atoms with E-state index in [4.69, 9.17) is 4.74 Å². The molecule has 3 aromatic carbocycles. The van der Waals surface area contributed by atoms with Gasteiger partial charge in [0.25, 0.3) is 5.91 Å². The second kappa shape index (κ2) is 8.71. The lowest BCUT2D eigenvalue weighted by atomic mass is 10.0. The molecule has 4 nitrogen and oxygen atoms in total. The second-order valence-corrected chi connectivity index (χ2v) is 7.51. The summed E-state index contributed by atoms with van der Waals surface area (Å²) in [6.45, 7) is -0.173. The molecule has 1 N–H and O–H groups in total. The molecule has 1 aromatic heterocycles. The third-order valence-corrected chi connectivity index (χ3v) is 5.61. The molecule has 5 heteroatoms. The predicted molar refractivity (Wildman–Crippen MR) is 116 cm³/mol. The summed E-state index contributed by atoms with van der Waals surface area (Å²) in [4.78, 5) is 25.3. The van der Waals surface area contributed by atoms with Crippen LogP contribution in [0, 0.1) is 0 Å². The molecule has 144 valence electrons. The summed E-state index contributed by atoms with van der Waals surface area (Å²) < 4.78 is 5.71. The Labute approximate surface area is 172 Å². The molecule has 0 saturated heterocycles. The van der Waals surface area contributed by atoms with Crippen molar-refractivity contribution < 1.29 is 14.3 Å². The van der Waals surface area contributed by atoms with Crippen LogP contribution in [0.5, 0.6) is 5.75 Å². The van der Waals surface area contributed by atoms with E-state index in [1.807, 2.05) is 78.2 Å². The Morgan fingerprint density at radius 2 is 1.76 bits per heavy atom. The zero-order valence-electron chi connectivity index (χ0n) is 15.6. The highest BCUT2D eigenvalue weighted by Gasteiger charge is 2.18. The van der Waals surface area contributed by atoms with Gasteiger partial charge >= 0.3 is 0 Å². The first-order chi connectivity index (χ1) is 14.3. The van der Waals surface area contributed by atoms with Gasteiger partial charge in [-0.1, -0.05) is 66.7 Å². The zero-order chi connectivity index (χ0) is 20.1. The Morgan fingerprint density at radius 1 is 0.966 bits per heavy atom. The van der Waals surface area contributed by atoms with E-state index in [-0.39, 0.29) is 18.6 Å². The number of carbonyl (C=O) groups excluding carboxylic acids is 2. The van der Waals surface area contributed by atoms with Gasteiger partial charge in [-0.25, -0.2) is 0 Å². The standard InChI is InChI=1S/C24H19NO3S/c26-15-20-19-10-5-4-7-17(19)12-13-21(20)28-16-23(27)25-24(22-11-6-14-29-22)18-8-2-1-3-9-18/h1-15,24H,16H2,(H,25,27)/t24-/m1/s1. The number of rotatable bonds is 7. The van der Waals surface area contributed by atoms with E-state index in [0.29, 0.717) is 11.3 Å². The van der Waals surface area contributed by atoms with E-state index in [9.17, 15) is 9.59 Å². The molecule has 0 aliphatic rings. The summed E-state index contributed by atoms with van der Waals surface area (Å²) in [5.41, 5.74) is 1.45. The van der Waals surface area contributed by atoms with Crippen molar-refractivity contribution in [3.05, 3.63) is 100 Å². The van der Waals surface area contributed by atoms with E-state index in [1.165, 1.54) is 0 Å². The fraction of sp³-hybridized carbons (Fsp3) is 0.0833. The van der Waals surface area contributed by atoms with Crippen molar-refractivity contribution in [2.24, 2.45) is 0 Å². The van der Waals surface area contributed by atoms with Gasteiger partial charge in [-0.05, 0) is 33.8 Å². The van der Waals surface area contributed by atoms with E-state index in [0.717, 1.165) is 27.5 Å². The van der Waals surface area contributed by atoms with Gasteiger partial charge in [0.1, 0.15) is 5.75 Å². The number of hydrogen-bond donors (Lipinski definition) is 1. The number of fused-ring (bicyclic) bond motifs is 1. The first kappa shape index (κ1) is 18.9. The molecule has 1 heterocycles. The normalized spacial score (nSPS) is 11.7. The average Bonchev–Trinajstić information content (AvgIpc) is 3.30. The number of amides is 1. The number of benzene rings is 3. The van der Waals surface area contributed by atoms with Crippen LogP contribution in [0.15, 0.2) is 84.2 Å². The van der Waals surface area contributed by atoms with E-state index in [1.54, 1.807) is 17.4 Å². The van der Waals surface area contributed by atoms with Crippen LogP contribution in [0.3, 0.4) is 0 Å². The Hall–Kier alpha value is -3.44. The number of hydrogen-bond acceptors (Lipinski definition) is 4. The SMILES string of the molecule is O=Cc1c(OCC(=O)N[C@H](c2ccccc2)c2cccs2)ccc2ccccc12.